The fraction of sp³-hybridized carbons (Fsp3) is 0.250. The Morgan fingerprint density at radius 1 is 1.43 bits per heavy atom. The lowest BCUT2D eigenvalue weighted by molar-refractivity contribution is 0.101. The molecule has 0 aliphatic heterocycles. The van der Waals surface area contributed by atoms with Crippen molar-refractivity contribution in [1.82, 2.24) is 15.2 Å². The second-order valence-corrected chi connectivity index (χ2v) is 5.92. The van der Waals surface area contributed by atoms with E-state index in [0.29, 0.717) is 23.5 Å². The van der Waals surface area contributed by atoms with Gasteiger partial charge in [0.1, 0.15) is 5.82 Å². The third kappa shape index (κ3) is 3.26. The van der Waals surface area contributed by atoms with Gasteiger partial charge in [0.2, 0.25) is 15.8 Å². The van der Waals surface area contributed by atoms with Crippen LogP contribution in [0.3, 0.4) is 0 Å². The molecule has 1 aromatic carbocycles. The summed E-state index contributed by atoms with van der Waals surface area (Å²) < 4.78 is 22.9. The maximum Gasteiger partial charge on any atom is 0.295 e. The van der Waals surface area contributed by atoms with Gasteiger partial charge in [-0.3, -0.25) is 9.89 Å². The molecule has 0 aliphatic rings. The van der Waals surface area contributed by atoms with Gasteiger partial charge in [0, 0.05) is 12.1 Å². The lowest BCUT2D eigenvalue weighted by atomic mass is 10.2. The van der Waals surface area contributed by atoms with Gasteiger partial charge in [0.25, 0.3) is 5.91 Å². The summed E-state index contributed by atoms with van der Waals surface area (Å²) in [6.45, 7) is 3.44. The summed E-state index contributed by atoms with van der Waals surface area (Å²) >= 11 is 0. The second kappa shape index (κ2) is 5.62. The predicted molar refractivity (Wildman–Crippen MR) is 76.3 cm³/mol. The van der Waals surface area contributed by atoms with Crippen molar-refractivity contribution in [2.75, 3.05) is 5.32 Å². The van der Waals surface area contributed by atoms with Crippen LogP contribution in [0.25, 0.3) is 0 Å². The summed E-state index contributed by atoms with van der Waals surface area (Å²) in [5.74, 6) is 0.0584. The average Bonchev–Trinajstić information content (AvgIpc) is 2.88. The van der Waals surface area contributed by atoms with Crippen LogP contribution in [0.5, 0.6) is 0 Å². The summed E-state index contributed by atoms with van der Waals surface area (Å²) in [4.78, 5) is 16.0. The number of amides is 1. The molecule has 8 nitrogen and oxygen atoms in total. The van der Waals surface area contributed by atoms with E-state index in [2.05, 4.69) is 20.5 Å². The van der Waals surface area contributed by atoms with Crippen LogP contribution < -0.4 is 10.5 Å². The number of sulfonamides is 1. The molecule has 1 amide bonds. The number of aromatic nitrogens is 3. The number of H-pyrrole nitrogens is 1. The van der Waals surface area contributed by atoms with E-state index in [1.165, 1.54) is 12.1 Å². The number of rotatable bonds is 4. The Labute approximate surface area is 121 Å². The van der Waals surface area contributed by atoms with E-state index in [1.54, 1.807) is 13.0 Å². The molecule has 2 rings (SSSR count). The van der Waals surface area contributed by atoms with Crippen molar-refractivity contribution in [2.24, 2.45) is 5.14 Å². The topological polar surface area (TPSA) is 131 Å². The molecule has 0 spiro atoms. The zero-order chi connectivity index (χ0) is 15.6. The number of benzene rings is 1. The normalized spacial score (nSPS) is 11.4. The van der Waals surface area contributed by atoms with Crippen LogP contribution in [0.4, 0.5) is 5.69 Å². The molecule has 0 aliphatic carbocycles. The van der Waals surface area contributed by atoms with Crippen molar-refractivity contribution in [2.45, 2.75) is 25.2 Å². The van der Waals surface area contributed by atoms with Crippen molar-refractivity contribution in [3.8, 4) is 0 Å². The summed E-state index contributed by atoms with van der Waals surface area (Å²) in [6.07, 6.45) is 0.625. The first-order valence-corrected chi connectivity index (χ1v) is 7.72. The fourth-order valence-corrected chi connectivity index (χ4v) is 2.60. The minimum Gasteiger partial charge on any atom is -0.319 e. The van der Waals surface area contributed by atoms with E-state index in [1.807, 2.05) is 6.92 Å². The van der Waals surface area contributed by atoms with Crippen LogP contribution in [0.2, 0.25) is 0 Å². The molecule has 1 aromatic heterocycles. The summed E-state index contributed by atoms with van der Waals surface area (Å²) in [7, 11) is -3.84. The van der Waals surface area contributed by atoms with Crippen LogP contribution >= 0.6 is 0 Å². The molecule has 1 heterocycles. The molecule has 0 saturated carbocycles. The number of aromatic amines is 1. The Morgan fingerprint density at radius 2 is 2.14 bits per heavy atom. The first-order chi connectivity index (χ1) is 9.82. The third-order valence-corrected chi connectivity index (χ3v) is 3.96. The van der Waals surface area contributed by atoms with Gasteiger partial charge in [-0.25, -0.2) is 18.5 Å². The second-order valence-electron chi connectivity index (χ2n) is 4.39. The number of carbonyl (C=O) groups excluding carboxylic acids is 1. The maximum atomic E-state index is 12.0. The van der Waals surface area contributed by atoms with Gasteiger partial charge in [-0.1, -0.05) is 13.0 Å². The number of primary sulfonamides is 1. The van der Waals surface area contributed by atoms with E-state index in [9.17, 15) is 13.2 Å². The Morgan fingerprint density at radius 3 is 2.71 bits per heavy atom. The highest BCUT2D eigenvalue weighted by Crippen LogP contribution is 2.22. The van der Waals surface area contributed by atoms with Gasteiger partial charge in [-0.15, -0.1) is 5.10 Å². The summed E-state index contributed by atoms with van der Waals surface area (Å²) in [6, 6.07) is 4.45. The molecule has 0 radical (unpaired) electrons. The highest BCUT2D eigenvalue weighted by molar-refractivity contribution is 7.89. The molecule has 0 fully saturated rings. The van der Waals surface area contributed by atoms with E-state index < -0.39 is 15.9 Å². The molecule has 0 saturated heterocycles. The number of hydrogen-bond acceptors (Lipinski definition) is 5. The number of anilines is 1. The predicted octanol–water partition coefficient (Wildman–Crippen LogP) is 0.575. The van der Waals surface area contributed by atoms with Gasteiger partial charge in [0.15, 0.2) is 0 Å². The van der Waals surface area contributed by atoms with Gasteiger partial charge in [-0.05, 0) is 24.6 Å². The van der Waals surface area contributed by atoms with Crippen molar-refractivity contribution in [3.63, 3.8) is 0 Å². The molecule has 4 N–H and O–H groups in total. The van der Waals surface area contributed by atoms with Gasteiger partial charge >= 0.3 is 0 Å². The van der Waals surface area contributed by atoms with Crippen LogP contribution in [0.1, 0.15) is 28.9 Å². The largest absolute Gasteiger partial charge is 0.319 e. The van der Waals surface area contributed by atoms with Gasteiger partial charge in [-0.2, -0.15) is 0 Å². The summed E-state index contributed by atoms with van der Waals surface area (Å²) in [5, 5.41) is 14.1. The number of aryl methyl sites for hydroxylation is 1. The molecule has 0 atom stereocenters. The first kappa shape index (κ1) is 15.1. The van der Waals surface area contributed by atoms with Gasteiger partial charge < -0.3 is 5.32 Å². The van der Waals surface area contributed by atoms with E-state index in [4.69, 9.17) is 5.14 Å². The maximum absolute atomic E-state index is 12.0. The standard InChI is InChI=1S/C12H15N5O3S/c1-3-10-15-11(17-16-10)12(18)14-8-5-4-6-9(7(8)2)21(13,19)20/h4-6H,3H2,1-2H3,(H,14,18)(H2,13,19,20)(H,15,16,17). The van der Waals surface area contributed by atoms with Crippen LogP contribution in [-0.2, 0) is 16.4 Å². The highest BCUT2D eigenvalue weighted by atomic mass is 32.2. The minimum atomic E-state index is -3.84. The quantitative estimate of drug-likeness (QED) is 0.760. The van der Waals surface area contributed by atoms with E-state index in [0.717, 1.165) is 0 Å². The molecule has 0 bridgehead atoms. The average molecular weight is 309 g/mol. The molecule has 112 valence electrons. The zero-order valence-corrected chi connectivity index (χ0v) is 12.4. The number of hydrogen-bond donors (Lipinski definition) is 3. The van der Waals surface area contributed by atoms with Crippen LogP contribution in [0.15, 0.2) is 23.1 Å². The Hall–Kier alpha value is -2.26. The summed E-state index contributed by atoms with van der Waals surface area (Å²) in [5.41, 5.74) is 0.703. The Bertz CT molecular complexity index is 782. The van der Waals surface area contributed by atoms with Gasteiger partial charge in [0.05, 0.1) is 4.90 Å². The Kier molecular flexibility index (Phi) is 4.05. The van der Waals surface area contributed by atoms with E-state index >= 15 is 0 Å². The lowest BCUT2D eigenvalue weighted by Gasteiger charge is -2.10. The molecule has 21 heavy (non-hydrogen) atoms. The minimum absolute atomic E-state index is 0.00717. The van der Waals surface area contributed by atoms with E-state index in [-0.39, 0.29) is 10.7 Å². The van der Waals surface area contributed by atoms with Crippen molar-refractivity contribution >= 4 is 21.6 Å². The molecule has 0 unspecified atom stereocenters. The lowest BCUT2D eigenvalue weighted by Crippen LogP contribution is -2.18. The third-order valence-electron chi connectivity index (χ3n) is 2.91. The van der Waals surface area contributed by atoms with Crippen molar-refractivity contribution < 1.29 is 13.2 Å². The molecular weight excluding hydrogens is 294 g/mol. The number of nitrogens with zero attached hydrogens (tertiary/aromatic N) is 2. The molecule has 9 heteroatoms. The molecular formula is C12H15N5O3S. The fourth-order valence-electron chi connectivity index (χ4n) is 1.79. The van der Waals surface area contributed by atoms with Crippen molar-refractivity contribution in [3.05, 3.63) is 35.4 Å². The monoisotopic (exact) mass is 309 g/mol. The Balaban J connectivity index is 2.30. The number of carbonyl (C=O) groups is 1. The smallest absolute Gasteiger partial charge is 0.295 e. The number of nitrogens with one attached hydrogen (secondary N) is 2. The molecule has 2 aromatic rings. The van der Waals surface area contributed by atoms with Crippen LogP contribution in [0, 0.1) is 6.92 Å². The van der Waals surface area contributed by atoms with Crippen molar-refractivity contribution in [1.29, 1.82) is 0 Å². The SMILES string of the molecule is CCc1nc(C(=O)Nc2cccc(S(N)(=O)=O)c2C)n[nH]1. The zero-order valence-electron chi connectivity index (χ0n) is 11.5. The highest BCUT2D eigenvalue weighted by Gasteiger charge is 2.17. The number of nitrogens with two attached hydrogens (primary N) is 1. The van der Waals surface area contributed by atoms with Crippen LogP contribution in [-0.4, -0.2) is 29.5 Å². The first-order valence-electron chi connectivity index (χ1n) is 6.18.